The zero-order valence-electron chi connectivity index (χ0n) is 12.3. The first-order valence-electron chi connectivity index (χ1n) is 7.08. The summed E-state index contributed by atoms with van der Waals surface area (Å²) >= 11 is 6.02. The second kappa shape index (κ2) is 5.65. The van der Waals surface area contributed by atoms with E-state index in [0.29, 0.717) is 11.6 Å². The van der Waals surface area contributed by atoms with Gasteiger partial charge in [-0.1, -0.05) is 31.5 Å². The molecule has 1 aromatic rings. The van der Waals surface area contributed by atoms with Crippen molar-refractivity contribution in [3.05, 3.63) is 29.3 Å². The number of carbonyl (C=O) groups excluding carboxylic acids is 1. The Kier molecular flexibility index (Phi) is 4.28. The number of esters is 1. The Bertz CT molecular complexity index is 501. The Labute approximate surface area is 125 Å². The van der Waals surface area contributed by atoms with Crippen molar-refractivity contribution in [1.29, 1.82) is 0 Å². The van der Waals surface area contributed by atoms with E-state index in [-0.39, 0.29) is 11.4 Å². The zero-order valence-corrected chi connectivity index (χ0v) is 13.1. The van der Waals surface area contributed by atoms with Crippen LogP contribution >= 0.6 is 11.6 Å². The molecule has 1 saturated carbocycles. The molecular formula is C16H22ClNO2. The third-order valence-corrected chi connectivity index (χ3v) is 4.12. The lowest BCUT2D eigenvalue weighted by molar-refractivity contribution is -0.148. The summed E-state index contributed by atoms with van der Waals surface area (Å²) in [5, 5.41) is 4.03. The normalized spacial score (nSPS) is 24.4. The molecule has 1 N–H and O–H groups in total. The maximum atomic E-state index is 12.4. The fourth-order valence-corrected chi connectivity index (χ4v) is 3.18. The minimum atomic E-state index is -0.635. The second-order valence-corrected chi connectivity index (χ2v) is 6.72. The Morgan fingerprint density at radius 3 is 2.70 bits per heavy atom. The third-order valence-electron chi connectivity index (χ3n) is 3.88. The average Bonchev–Trinajstić information content (AvgIpc) is 2.66. The van der Waals surface area contributed by atoms with Crippen molar-refractivity contribution < 1.29 is 9.53 Å². The van der Waals surface area contributed by atoms with Crippen LogP contribution in [0.4, 0.5) is 5.69 Å². The molecule has 0 bridgehead atoms. The number of benzene rings is 1. The summed E-state index contributed by atoms with van der Waals surface area (Å²) in [4.78, 5) is 12.4. The topological polar surface area (TPSA) is 38.3 Å². The van der Waals surface area contributed by atoms with Gasteiger partial charge in [-0.05, 0) is 49.8 Å². The minimum absolute atomic E-state index is 0.137. The smallest absolute Gasteiger partial charge is 0.331 e. The molecule has 1 aliphatic rings. The highest BCUT2D eigenvalue weighted by Crippen LogP contribution is 2.46. The molecule has 0 heterocycles. The van der Waals surface area contributed by atoms with Crippen LogP contribution in [0.5, 0.6) is 0 Å². The van der Waals surface area contributed by atoms with Crippen molar-refractivity contribution in [2.45, 2.75) is 45.6 Å². The highest BCUT2D eigenvalue weighted by molar-refractivity contribution is 6.30. The molecular weight excluding hydrogens is 274 g/mol. The predicted molar refractivity (Wildman–Crippen MR) is 82.1 cm³/mol. The number of nitrogens with one attached hydrogen (secondary N) is 1. The number of hydrogen-bond acceptors (Lipinski definition) is 3. The fourth-order valence-electron chi connectivity index (χ4n) is 2.99. The van der Waals surface area contributed by atoms with Crippen molar-refractivity contribution >= 4 is 23.3 Å². The van der Waals surface area contributed by atoms with Gasteiger partial charge in [0, 0.05) is 10.7 Å². The first kappa shape index (κ1) is 15.2. The van der Waals surface area contributed by atoms with Crippen molar-refractivity contribution in [3.8, 4) is 0 Å². The Morgan fingerprint density at radius 1 is 1.40 bits per heavy atom. The van der Waals surface area contributed by atoms with Crippen molar-refractivity contribution in [3.63, 3.8) is 0 Å². The van der Waals surface area contributed by atoms with Crippen LogP contribution in [-0.4, -0.2) is 18.1 Å². The molecule has 0 spiro atoms. The van der Waals surface area contributed by atoms with Crippen LogP contribution in [0, 0.1) is 5.41 Å². The lowest BCUT2D eigenvalue weighted by Gasteiger charge is -2.31. The van der Waals surface area contributed by atoms with E-state index < -0.39 is 5.54 Å². The van der Waals surface area contributed by atoms with E-state index >= 15 is 0 Å². The summed E-state index contributed by atoms with van der Waals surface area (Å²) in [6, 6.07) is 7.47. The molecule has 1 aliphatic carbocycles. The van der Waals surface area contributed by atoms with Gasteiger partial charge in [-0.2, -0.15) is 0 Å². The molecule has 2 rings (SSSR count). The van der Waals surface area contributed by atoms with E-state index in [9.17, 15) is 4.79 Å². The van der Waals surface area contributed by atoms with Gasteiger partial charge in [-0.15, -0.1) is 0 Å². The zero-order chi connectivity index (χ0) is 14.8. The van der Waals surface area contributed by atoms with Crippen LogP contribution < -0.4 is 5.32 Å². The van der Waals surface area contributed by atoms with Gasteiger partial charge in [0.2, 0.25) is 0 Å². The maximum absolute atomic E-state index is 12.4. The largest absolute Gasteiger partial charge is 0.464 e. The quantitative estimate of drug-likeness (QED) is 0.843. The van der Waals surface area contributed by atoms with Gasteiger partial charge in [0.05, 0.1) is 6.61 Å². The average molecular weight is 296 g/mol. The highest BCUT2D eigenvalue weighted by Gasteiger charge is 2.49. The van der Waals surface area contributed by atoms with Gasteiger partial charge in [-0.3, -0.25) is 0 Å². The fraction of sp³-hybridized carbons (Fsp3) is 0.562. The standard InChI is InChI=1S/C16H22ClNO2/c1-4-20-14(19)16(9-8-15(2,3)11-16)18-13-7-5-6-12(17)10-13/h5-7,10,18H,4,8-9,11H2,1-3H3. The first-order valence-corrected chi connectivity index (χ1v) is 7.46. The Balaban J connectivity index is 2.26. The second-order valence-electron chi connectivity index (χ2n) is 6.28. The van der Waals surface area contributed by atoms with Crippen LogP contribution in [0.3, 0.4) is 0 Å². The van der Waals surface area contributed by atoms with E-state index in [1.807, 2.05) is 31.2 Å². The molecule has 1 unspecified atom stereocenters. The van der Waals surface area contributed by atoms with Gasteiger partial charge in [0.15, 0.2) is 0 Å². The lowest BCUT2D eigenvalue weighted by Crippen LogP contribution is -2.46. The summed E-state index contributed by atoms with van der Waals surface area (Å²) in [5.74, 6) is -0.162. The van der Waals surface area contributed by atoms with Crippen LogP contribution in [-0.2, 0) is 9.53 Å². The van der Waals surface area contributed by atoms with Crippen molar-refractivity contribution in [2.24, 2.45) is 5.41 Å². The van der Waals surface area contributed by atoms with E-state index in [4.69, 9.17) is 16.3 Å². The van der Waals surface area contributed by atoms with Crippen LogP contribution in [0.1, 0.15) is 40.0 Å². The van der Waals surface area contributed by atoms with E-state index in [1.165, 1.54) is 0 Å². The monoisotopic (exact) mass is 295 g/mol. The number of ether oxygens (including phenoxy) is 1. The van der Waals surface area contributed by atoms with Gasteiger partial charge >= 0.3 is 5.97 Å². The molecule has 0 aliphatic heterocycles. The number of carbonyl (C=O) groups is 1. The van der Waals surface area contributed by atoms with Crippen LogP contribution in [0.25, 0.3) is 0 Å². The molecule has 1 atom stereocenters. The molecule has 110 valence electrons. The van der Waals surface area contributed by atoms with Crippen molar-refractivity contribution in [2.75, 3.05) is 11.9 Å². The highest BCUT2D eigenvalue weighted by atomic mass is 35.5. The summed E-state index contributed by atoms with van der Waals surface area (Å²) in [6.45, 7) is 6.62. The third kappa shape index (κ3) is 3.26. The van der Waals surface area contributed by atoms with Gasteiger partial charge in [0.25, 0.3) is 0 Å². The maximum Gasteiger partial charge on any atom is 0.331 e. The number of anilines is 1. The number of hydrogen-bond donors (Lipinski definition) is 1. The van der Waals surface area contributed by atoms with Gasteiger partial charge in [0.1, 0.15) is 5.54 Å². The van der Waals surface area contributed by atoms with E-state index in [1.54, 1.807) is 0 Å². The summed E-state index contributed by atoms with van der Waals surface area (Å²) < 4.78 is 5.29. The molecule has 3 nitrogen and oxygen atoms in total. The van der Waals surface area contributed by atoms with E-state index in [2.05, 4.69) is 19.2 Å². The summed E-state index contributed by atoms with van der Waals surface area (Å²) in [6.07, 6.45) is 2.55. The number of halogens is 1. The molecule has 0 saturated heterocycles. The Morgan fingerprint density at radius 2 is 2.15 bits per heavy atom. The van der Waals surface area contributed by atoms with E-state index in [0.717, 1.165) is 24.9 Å². The molecule has 1 fully saturated rings. The van der Waals surface area contributed by atoms with Crippen LogP contribution in [0.15, 0.2) is 24.3 Å². The van der Waals surface area contributed by atoms with Crippen LogP contribution in [0.2, 0.25) is 5.02 Å². The lowest BCUT2D eigenvalue weighted by atomic mass is 9.87. The molecule has 0 radical (unpaired) electrons. The van der Waals surface area contributed by atoms with Gasteiger partial charge in [-0.25, -0.2) is 4.79 Å². The van der Waals surface area contributed by atoms with Gasteiger partial charge < -0.3 is 10.1 Å². The molecule has 4 heteroatoms. The summed E-state index contributed by atoms with van der Waals surface area (Å²) in [7, 11) is 0. The SMILES string of the molecule is CCOC(=O)C1(Nc2cccc(Cl)c2)CCC(C)(C)C1. The number of rotatable bonds is 4. The summed E-state index contributed by atoms with van der Waals surface area (Å²) in [5.41, 5.74) is 0.367. The molecule has 1 aromatic carbocycles. The molecule has 0 aromatic heterocycles. The minimum Gasteiger partial charge on any atom is -0.464 e. The molecule has 20 heavy (non-hydrogen) atoms. The first-order chi connectivity index (χ1) is 9.37. The van der Waals surface area contributed by atoms with Crippen molar-refractivity contribution in [1.82, 2.24) is 0 Å². The predicted octanol–water partition coefficient (Wildman–Crippen LogP) is 4.26. The molecule has 0 amide bonds. The Hall–Kier alpha value is -1.22.